The fraction of sp³-hybridized carbons (Fsp3) is 0.292. The molecule has 0 fully saturated rings. The van der Waals surface area contributed by atoms with Crippen molar-refractivity contribution in [1.82, 2.24) is 10.2 Å². The molecule has 7 heteroatoms. The van der Waals surface area contributed by atoms with Crippen LogP contribution in [0.15, 0.2) is 81.1 Å². The van der Waals surface area contributed by atoms with Gasteiger partial charge in [0.1, 0.15) is 0 Å². The summed E-state index contributed by atoms with van der Waals surface area (Å²) in [4.78, 5) is 15.1. The Morgan fingerprint density at radius 3 is 2.23 bits per heavy atom. The molecule has 0 aliphatic heterocycles. The second-order valence-electron chi connectivity index (χ2n) is 7.29. The molecule has 1 N–H and O–H groups in total. The van der Waals surface area contributed by atoms with E-state index < -0.39 is 15.7 Å². The summed E-state index contributed by atoms with van der Waals surface area (Å²) in [5.41, 5.74) is 2.29. The highest BCUT2D eigenvalue weighted by Gasteiger charge is 2.24. The fourth-order valence-corrected chi connectivity index (χ4v) is 4.68. The van der Waals surface area contributed by atoms with E-state index >= 15 is 0 Å². The zero-order valence-electron chi connectivity index (χ0n) is 18.0. The van der Waals surface area contributed by atoms with Crippen LogP contribution in [0.25, 0.3) is 0 Å². The van der Waals surface area contributed by atoms with Crippen molar-refractivity contribution < 1.29 is 17.6 Å². The van der Waals surface area contributed by atoms with Gasteiger partial charge in [-0.25, -0.2) is 8.42 Å². The van der Waals surface area contributed by atoms with E-state index in [1.54, 1.807) is 18.2 Å². The second-order valence-corrected chi connectivity index (χ2v) is 9.17. The normalized spacial score (nSPS) is 12.6. The minimum atomic E-state index is -3.81. The Balaban J connectivity index is 1.75. The largest absolute Gasteiger partial charge is 0.439 e. The Labute approximate surface area is 183 Å². The van der Waals surface area contributed by atoms with E-state index in [4.69, 9.17) is 4.42 Å². The number of furan rings is 1. The van der Waals surface area contributed by atoms with Crippen molar-refractivity contribution in [2.75, 3.05) is 19.6 Å². The van der Waals surface area contributed by atoms with E-state index in [1.165, 1.54) is 29.8 Å². The van der Waals surface area contributed by atoms with Crippen LogP contribution in [0.3, 0.4) is 0 Å². The van der Waals surface area contributed by atoms with Crippen LogP contribution in [0.4, 0.5) is 0 Å². The van der Waals surface area contributed by atoms with Crippen molar-refractivity contribution in [3.8, 4) is 0 Å². The van der Waals surface area contributed by atoms with Gasteiger partial charge in [0.25, 0.3) is 5.91 Å². The van der Waals surface area contributed by atoms with Gasteiger partial charge in [0, 0.05) is 6.54 Å². The quantitative estimate of drug-likeness (QED) is 0.539. The molecule has 0 spiro atoms. The summed E-state index contributed by atoms with van der Waals surface area (Å²) in [6, 6.07) is 19.0. The summed E-state index contributed by atoms with van der Waals surface area (Å²) in [6.45, 7) is 8.26. The van der Waals surface area contributed by atoms with Crippen molar-refractivity contribution in [2.45, 2.75) is 36.8 Å². The van der Waals surface area contributed by atoms with Crippen molar-refractivity contribution in [3.05, 3.63) is 83.6 Å². The molecular weight excluding hydrogens is 412 g/mol. The predicted molar refractivity (Wildman–Crippen MR) is 120 cm³/mol. The highest BCUT2D eigenvalue weighted by atomic mass is 32.2. The maximum Gasteiger partial charge on any atom is 0.287 e. The van der Waals surface area contributed by atoms with Gasteiger partial charge in [-0.3, -0.25) is 9.69 Å². The van der Waals surface area contributed by atoms with Gasteiger partial charge in [0.15, 0.2) is 5.76 Å². The van der Waals surface area contributed by atoms with Gasteiger partial charge >= 0.3 is 0 Å². The number of aryl methyl sites for hydroxylation is 1. The number of amides is 1. The SMILES string of the molecule is CCN(CC)C(CNC(=O)c1ccc(S(=O)(=O)c2ccccc2)o1)c1ccc(C)cc1. The zero-order chi connectivity index (χ0) is 22.4. The third-order valence-corrected chi connectivity index (χ3v) is 6.94. The topological polar surface area (TPSA) is 79.6 Å². The first kappa shape index (κ1) is 22.8. The zero-order valence-corrected chi connectivity index (χ0v) is 18.9. The van der Waals surface area contributed by atoms with Crippen molar-refractivity contribution in [3.63, 3.8) is 0 Å². The number of rotatable bonds is 9. The lowest BCUT2D eigenvalue weighted by atomic mass is 10.0. The number of hydrogen-bond donors (Lipinski definition) is 1. The monoisotopic (exact) mass is 440 g/mol. The molecule has 1 aromatic heterocycles. The Morgan fingerprint density at radius 2 is 1.61 bits per heavy atom. The molecule has 3 rings (SSSR count). The lowest BCUT2D eigenvalue weighted by Crippen LogP contribution is -2.38. The van der Waals surface area contributed by atoms with E-state index in [0.29, 0.717) is 6.54 Å². The summed E-state index contributed by atoms with van der Waals surface area (Å²) in [6.07, 6.45) is 0. The van der Waals surface area contributed by atoms with E-state index in [2.05, 4.69) is 48.3 Å². The van der Waals surface area contributed by atoms with E-state index in [9.17, 15) is 13.2 Å². The molecule has 0 radical (unpaired) electrons. The predicted octanol–water partition coefficient (Wildman–Crippen LogP) is 4.23. The lowest BCUT2D eigenvalue weighted by molar-refractivity contribution is 0.0902. The molecule has 0 bridgehead atoms. The van der Waals surface area contributed by atoms with Crippen molar-refractivity contribution in [2.24, 2.45) is 0 Å². The average Bonchev–Trinajstić information content (AvgIpc) is 3.29. The van der Waals surface area contributed by atoms with Gasteiger partial charge in [-0.15, -0.1) is 0 Å². The molecule has 1 unspecified atom stereocenters. The van der Waals surface area contributed by atoms with Crippen molar-refractivity contribution in [1.29, 1.82) is 0 Å². The number of nitrogens with zero attached hydrogens (tertiary/aromatic N) is 1. The maximum atomic E-state index is 12.7. The molecule has 0 aliphatic carbocycles. The number of hydrogen-bond acceptors (Lipinski definition) is 5. The average molecular weight is 441 g/mol. The van der Waals surface area contributed by atoms with Crippen LogP contribution < -0.4 is 5.32 Å². The molecule has 2 aromatic carbocycles. The van der Waals surface area contributed by atoms with Gasteiger partial charge in [-0.2, -0.15) is 0 Å². The van der Waals surface area contributed by atoms with Crippen LogP contribution in [0.1, 0.15) is 41.6 Å². The highest BCUT2D eigenvalue weighted by Crippen LogP contribution is 2.23. The molecule has 1 amide bonds. The van der Waals surface area contributed by atoms with Crippen molar-refractivity contribution >= 4 is 15.7 Å². The molecule has 0 saturated carbocycles. The fourth-order valence-electron chi connectivity index (χ4n) is 3.49. The van der Waals surface area contributed by atoms with E-state index in [1.807, 2.05) is 6.92 Å². The first-order chi connectivity index (χ1) is 14.9. The van der Waals surface area contributed by atoms with Gasteiger partial charge in [-0.05, 0) is 49.8 Å². The Kier molecular flexibility index (Phi) is 7.30. The smallest absolute Gasteiger partial charge is 0.287 e. The standard InChI is InChI=1S/C24H28N2O4S/c1-4-26(5-2)21(19-13-11-18(3)12-14-19)17-25-24(27)22-15-16-23(30-22)31(28,29)20-9-7-6-8-10-20/h6-16,21H,4-5,17H2,1-3H3,(H,25,27). The van der Waals surface area contributed by atoms with E-state index in [-0.39, 0.29) is 21.8 Å². The first-order valence-electron chi connectivity index (χ1n) is 10.4. The summed E-state index contributed by atoms with van der Waals surface area (Å²) < 4.78 is 30.8. The Morgan fingerprint density at radius 1 is 0.968 bits per heavy atom. The molecule has 0 aliphatic rings. The molecule has 1 atom stereocenters. The van der Waals surface area contributed by atoms with Crippen LogP contribution in [0.2, 0.25) is 0 Å². The number of sulfone groups is 1. The minimum Gasteiger partial charge on any atom is -0.439 e. The van der Waals surface area contributed by atoms with Crippen LogP contribution >= 0.6 is 0 Å². The lowest BCUT2D eigenvalue weighted by Gasteiger charge is -2.30. The second kappa shape index (κ2) is 9.94. The Hall–Kier alpha value is -2.90. The number of carbonyl (C=O) groups is 1. The van der Waals surface area contributed by atoms with Crippen LogP contribution in [0, 0.1) is 6.92 Å². The van der Waals surface area contributed by atoms with Gasteiger partial charge in [0.2, 0.25) is 14.9 Å². The summed E-state index contributed by atoms with van der Waals surface area (Å²) in [5, 5.41) is 2.65. The van der Waals surface area contributed by atoms with Gasteiger partial charge in [-0.1, -0.05) is 61.9 Å². The van der Waals surface area contributed by atoms with E-state index in [0.717, 1.165) is 18.7 Å². The number of carbonyl (C=O) groups excluding carboxylic acids is 1. The van der Waals surface area contributed by atoms with Crippen LogP contribution in [0.5, 0.6) is 0 Å². The number of benzene rings is 2. The maximum absolute atomic E-state index is 12.7. The third-order valence-electron chi connectivity index (χ3n) is 5.29. The van der Waals surface area contributed by atoms with Crippen LogP contribution in [-0.2, 0) is 9.84 Å². The number of likely N-dealkylation sites (N-methyl/N-ethyl adjacent to an activating group) is 1. The summed E-state index contributed by atoms with van der Waals surface area (Å²) in [5.74, 6) is -0.476. The molecular formula is C24H28N2O4S. The minimum absolute atomic E-state index is 0.00188. The molecule has 164 valence electrons. The Bertz CT molecular complexity index is 1100. The molecule has 6 nitrogen and oxygen atoms in total. The summed E-state index contributed by atoms with van der Waals surface area (Å²) in [7, 11) is -3.81. The summed E-state index contributed by atoms with van der Waals surface area (Å²) >= 11 is 0. The first-order valence-corrected chi connectivity index (χ1v) is 11.8. The van der Waals surface area contributed by atoms with Gasteiger partial charge < -0.3 is 9.73 Å². The molecule has 0 saturated heterocycles. The van der Waals surface area contributed by atoms with Gasteiger partial charge in [0.05, 0.1) is 10.9 Å². The third kappa shape index (κ3) is 5.24. The molecule has 1 heterocycles. The number of nitrogens with one attached hydrogen (secondary N) is 1. The highest BCUT2D eigenvalue weighted by molar-refractivity contribution is 7.91. The molecule has 31 heavy (non-hydrogen) atoms. The van der Waals surface area contributed by atoms with Crippen LogP contribution in [-0.4, -0.2) is 38.9 Å². The molecule has 3 aromatic rings.